The summed E-state index contributed by atoms with van der Waals surface area (Å²) in [5.41, 5.74) is -2.90. The molecule has 3 aromatic carbocycles. The molecule has 0 spiro atoms. The van der Waals surface area contributed by atoms with Crippen LogP contribution in [0.3, 0.4) is 0 Å². The topological polar surface area (TPSA) is 60.2 Å². The third-order valence-electron chi connectivity index (χ3n) is 5.20. The van der Waals surface area contributed by atoms with Gasteiger partial charge in [-0.3, -0.25) is 0 Å². The van der Waals surface area contributed by atoms with Crippen LogP contribution >= 0.6 is 16.8 Å². The Balaban J connectivity index is 0.000000223. The second-order valence-corrected chi connectivity index (χ2v) is 15.2. The largest absolute Gasteiger partial charge is 0.378 e. The molecular formula is C26H28F2N3O2PS2. The summed E-state index contributed by atoms with van der Waals surface area (Å²) in [6, 6.07) is 21.5. The Morgan fingerprint density at radius 1 is 1.00 bits per heavy atom. The molecule has 4 rings (SSSR count). The van der Waals surface area contributed by atoms with Crippen LogP contribution in [0.1, 0.15) is 25.0 Å². The molecule has 10 heteroatoms. The Bertz CT molecular complexity index is 1260. The van der Waals surface area contributed by atoms with Crippen LogP contribution in [-0.4, -0.2) is 32.6 Å². The minimum Gasteiger partial charge on any atom is -0.378 e. The lowest BCUT2D eigenvalue weighted by atomic mass is 9.86. The average molecular weight is 548 g/mol. The van der Waals surface area contributed by atoms with E-state index in [1.165, 1.54) is 58.6 Å². The van der Waals surface area contributed by atoms with Crippen molar-refractivity contribution in [1.82, 2.24) is 14.8 Å². The van der Waals surface area contributed by atoms with E-state index in [-0.39, 0.29) is 12.1 Å². The molecule has 0 aliphatic carbocycles. The first-order valence-corrected chi connectivity index (χ1v) is 15.7. The van der Waals surface area contributed by atoms with Gasteiger partial charge in [0, 0.05) is 23.2 Å². The number of aromatic nitrogens is 3. The minimum absolute atomic E-state index is 0.0421. The minimum atomic E-state index is -1.69. The lowest BCUT2D eigenvalue weighted by molar-refractivity contribution is 0.0535. The normalized spacial score (nSPS) is 14.2. The Kier molecular flexibility index (Phi) is 10.3. The molecule has 1 heterocycles. The monoisotopic (exact) mass is 547 g/mol. The van der Waals surface area contributed by atoms with Gasteiger partial charge in [-0.15, -0.1) is 0 Å². The molecule has 1 N–H and O–H groups in total. The SMILES string of the molecule is CCOP(=S)(CC)Sc1ccccc1.OC(Cn1cncn1)(c1ccc(F)cc1)c1ccccc1F. The van der Waals surface area contributed by atoms with E-state index in [1.807, 2.05) is 25.1 Å². The molecule has 0 saturated heterocycles. The van der Waals surface area contributed by atoms with E-state index in [0.29, 0.717) is 12.2 Å². The number of rotatable bonds is 9. The van der Waals surface area contributed by atoms with Crippen LogP contribution in [0.2, 0.25) is 0 Å². The highest BCUT2D eigenvalue weighted by Crippen LogP contribution is 2.62. The first-order chi connectivity index (χ1) is 17.3. The van der Waals surface area contributed by atoms with Gasteiger partial charge in [-0.2, -0.15) is 5.10 Å². The third kappa shape index (κ3) is 7.54. The molecule has 5 nitrogen and oxygen atoms in total. The molecule has 190 valence electrons. The van der Waals surface area contributed by atoms with Crippen molar-refractivity contribution in [3.63, 3.8) is 0 Å². The maximum atomic E-state index is 14.2. The van der Waals surface area contributed by atoms with Crippen molar-refractivity contribution in [3.8, 4) is 0 Å². The maximum absolute atomic E-state index is 14.2. The van der Waals surface area contributed by atoms with Gasteiger partial charge in [0.1, 0.15) is 35.4 Å². The summed E-state index contributed by atoms with van der Waals surface area (Å²) < 4.78 is 34.4. The molecule has 4 aromatic rings. The van der Waals surface area contributed by atoms with Crippen molar-refractivity contribution >= 4 is 28.7 Å². The fourth-order valence-corrected chi connectivity index (χ4v) is 8.06. The second-order valence-electron chi connectivity index (χ2n) is 7.69. The van der Waals surface area contributed by atoms with Gasteiger partial charge in [-0.1, -0.05) is 78.6 Å². The molecule has 0 aliphatic rings. The van der Waals surface area contributed by atoms with Gasteiger partial charge < -0.3 is 9.63 Å². The van der Waals surface area contributed by atoms with Crippen LogP contribution in [0, 0.1) is 11.6 Å². The quantitative estimate of drug-likeness (QED) is 0.237. The van der Waals surface area contributed by atoms with Crippen molar-refractivity contribution < 1.29 is 18.4 Å². The summed E-state index contributed by atoms with van der Waals surface area (Å²) in [5, 5.41) is 15.1. The van der Waals surface area contributed by atoms with E-state index in [1.54, 1.807) is 23.5 Å². The van der Waals surface area contributed by atoms with Gasteiger partial charge in [-0.05, 0) is 42.8 Å². The number of hydrogen-bond donors (Lipinski definition) is 1. The Morgan fingerprint density at radius 2 is 1.67 bits per heavy atom. The molecule has 0 radical (unpaired) electrons. The first kappa shape index (κ1) is 28.2. The zero-order valence-corrected chi connectivity index (χ0v) is 22.5. The molecule has 36 heavy (non-hydrogen) atoms. The Labute approximate surface area is 219 Å². The fourth-order valence-electron chi connectivity index (χ4n) is 3.42. The zero-order valence-electron chi connectivity index (χ0n) is 20.0. The molecule has 2 unspecified atom stereocenters. The van der Waals surface area contributed by atoms with Crippen molar-refractivity contribution in [2.75, 3.05) is 12.8 Å². The van der Waals surface area contributed by atoms with Crippen molar-refractivity contribution in [2.24, 2.45) is 0 Å². The van der Waals surface area contributed by atoms with Crippen LogP contribution in [0.25, 0.3) is 0 Å². The van der Waals surface area contributed by atoms with Crippen LogP contribution in [0.4, 0.5) is 8.78 Å². The highest BCUT2D eigenvalue weighted by atomic mass is 32.9. The molecule has 0 aliphatic heterocycles. The number of halogens is 2. The van der Waals surface area contributed by atoms with Gasteiger partial charge in [0.05, 0.1) is 6.54 Å². The van der Waals surface area contributed by atoms with Gasteiger partial charge in [0.2, 0.25) is 0 Å². The van der Waals surface area contributed by atoms with E-state index in [4.69, 9.17) is 16.3 Å². The second kappa shape index (κ2) is 13.2. The predicted molar refractivity (Wildman–Crippen MR) is 145 cm³/mol. The van der Waals surface area contributed by atoms with Gasteiger partial charge in [0.15, 0.2) is 0 Å². The van der Waals surface area contributed by atoms with Gasteiger partial charge >= 0.3 is 0 Å². The number of nitrogens with zero attached hydrogens (tertiary/aromatic N) is 3. The summed E-state index contributed by atoms with van der Waals surface area (Å²) in [4.78, 5) is 5.03. The lowest BCUT2D eigenvalue weighted by Crippen LogP contribution is -2.34. The van der Waals surface area contributed by atoms with Crippen molar-refractivity contribution in [2.45, 2.75) is 30.9 Å². The number of hydrogen-bond acceptors (Lipinski definition) is 6. The van der Waals surface area contributed by atoms with Crippen molar-refractivity contribution in [1.29, 1.82) is 0 Å². The third-order valence-corrected chi connectivity index (χ3v) is 11.7. The van der Waals surface area contributed by atoms with E-state index in [2.05, 4.69) is 29.1 Å². The molecular weight excluding hydrogens is 519 g/mol. The van der Waals surface area contributed by atoms with Crippen LogP contribution in [0.15, 0.2) is 96.4 Å². The lowest BCUT2D eigenvalue weighted by Gasteiger charge is -2.29. The highest BCUT2D eigenvalue weighted by Gasteiger charge is 2.35. The van der Waals surface area contributed by atoms with Gasteiger partial charge in [0.25, 0.3) is 0 Å². The zero-order chi connectivity index (χ0) is 26.0. The standard InChI is InChI=1S/C16H13F2N3O.C10H15OPS2/c17-13-7-5-12(6-8-13)16(22,9-21-11-19-10-20-21)14-3-1-2-4-15(14)18;1-3-11-12(13,4-2)14-10-8-6-5-7-9-10/h1-8,10-11,22H,9H2;5-9H,3-4H2,1-2H3. The Morgan fingerprint density at radius 3 is 2.25 bits per heavy atom. The predicted octanol–water partition coefficient (Wildman–Crippen LogP) is 6.64. The van der Waals surface area contributed by atoms with Crippen LogP contribution in [-0.2, 0) is 28.5 Å². The van der Waals surface area contributed by atoms with E-state index in [0.717, 1.165) is 6.16 Å². The molecule has 2 atom stereocenters. The Hall–Kier alpha value is -2.42. The summed E-state index contributed by atoms with van der Waals surface area (Å²) >= 11 is 7.26. The number of aliphatic hydroxyl groups is 1. The summed E-state index contributed by atoms with van der Waals surface area (Å²) in [5.74, 6) is -0.977. The van der Waals surface area contributed by atoms with Gasteiger partial charge in [-0.25, -0.2) is 18.4 Å². The van der Waals surface area contributed by atoms with E-state index < -0.39 is 22.7 Å². The maximum Gasteiger partial charge on any atom is 0.137 e. The van der Waals surface area contributed by atoms with E-state index in [9.17, 15) is 13.9 Å². The first-order valence-electron chi connectivity index (χ1n) is 11.3. The summed E-state index contributed by atoms with van der Waals surface area (Å²) in [7, 11) is 0. The molecule has 0 fully saturated rings. The van der Waals surface area contributed by atoms with E-state index >= 15 is 0 Å². The molecule has 1 aromatic heterocycles. The van der Waals surface area contributed by atoms with Crippen LogP contribution < -0.4 is 0 Å². The highest BCUT2D eigenvalue weighted by molar-refractivity contribution is 8.69. The fraction of sp³-hybridized carbons (Fsp3) is 0.231. The summed E-state index contributed by atoms with van der Waals surface area (Å²) in [6.07, 6.45) is 3.69. The molecule has 0 bridgehead atoms. The molecule has 0 amide bonds. The smallest absolute Gasteiger partial charge is 0.137 e. The molecule has 0 saturated carbocycles. The summed E-state index contributed by atoms with van der Waals surface area (Å²) in [6.45, 7) is 4.78. The average Bonchev–Trinajstić information content (AvgIpc) is 3.38. The van der Waals surface area contributed by atoms with Crippen LogP contribution in [0.5, 0.6) is 0 Å². The van der Waals surface area contributed by atoms with Crippen molar-refractivity contribution in [3.05, 3.63) is 114 Å². The number of benzene rings is 3.